The molecule has 1 heterocycles. The molecular weight excluding hydrogens is 228 g/mol. The molecule has 0 fully saturated rings. The summed E-state index contributed by atoms with van der Waals surface area (Å²) in [6, 6.07) is 5.18. The van der Waals surface area contributed by atoms with Gasteiger partial charge in [0.25, 0.3) is 0 Å². The summed E-state index contributed by atoms with van der Waals surface area (Å²) in [5, 5.41) is 0.551. The van der Waals surface area contributed by atoms with Gasteiger partial charge in [-0.05, 0) is 18.6 Å². The van der Waals surface area contributed by atoms with Gasteiger partial charge in [0.1, 0.15) is 5.52 Å². The van der Waals surface area contributed by atoms with Gasteiger partial charge in [-0.1, -0.05) is 17.7 Å². The van der Waals surface area contributed by atoms with E-state index in [2.05, 4.69) is 4.98 Å². The van der Waals surface area contributed by atoms with Crippen molar-refractivity contribution >= 4 is 22.7 Å². The van der Waals surface area contributed by atoms with Gasteiger partial charge in [0.15, 0.2) is 5.58 Å². The van der Waals surface area contributed by atoms with Crippen LogP contribution in [0.15, 0.2) is 22.6 Å². The van der Waals surface area contributed by atoms with E-state index in [4.69, 9.17) is 26.5 Å². The minimum atomic E-state index is -0.261. The first-order valence-electron chi connectivity index (χ1n) is 5.02. The Morgan fingerprint density at radius 3 is 3.06 bits per heavy atom. The summed E-state index contributed by atoms with van der Waals surface area (Å²) in [4.78, 5) is 4.29. The zero-order chi connectivity index (χ0) is 11.5. The van der Waals surface area contributed by atoms with Crippen LogP contribution < -0.4 is 5.73 Å². The second-order valence-electron chi connectivity index (χ2n) is 3.53. The van der Waals surface area contributed by atoms with Crippen LogP contribution in [0.25, 0.3) is 11.1 Å². The molecule has 2 rings (SSSR count). The maximum atomic E-state index is 5.98. The van der Waals surface area contributed by atoms with Crippen LogP contribution in [0, 0.1) is 0 Å². The Labute approximate surface area is 98.3 Å². The number of hydrogen-bond acceptors (Lipinski definition) is 4. The highest BCUT2D eigenvalue weighted by Crippen LogP contribution is 2.26. The highest BCUT2D eigenvalue weighted by molar-refractivity contribution is 6.34. The first-order valence-corrected chi connectivity index (χ1v) is 5.39. The SMILES string of the molecule is COCCC(N)c1nc2cccc(Cl)c2o1. The zero-order valence-corrected chi connectivity index (χ0v) is 9.70. The second kappa shape index (κ2) is 4.82. The average Bonchev–Trinajstić information content (AvgIpc) is 2.71. The third kappa shape index (κ3) is 2.19. The molecule has 1 aromatic carbocycles. The van der Waals surface area contributed by atoms with Gasteiger partial charge < -0.3 is 14.9 Å². The molecule has 86 valence electrons. The maximum Gasteiger partial charge on any atom is 0.212 e. The lowest BCUT2D eigenvalue weighted by Crippen LogP contribution is -2.12. The minimum absolute atomic E-state index is 0.261. The Hall–Kier alpha value is -1.10. The quantitative estimate of drug-likeness (QED) is 0.892. The highest BCUT2D eigenvalue weighted by Gasteiger charge is 2.14. The van der Waals surface area contributed by atoms with E-state index in [-0.39, 0.29) is 6.04 Å². The largest absolute Gasteiger partial charge is 0.437 e. The molecule has 4 nitrogen and oxygen atoms in total. The Morgan fingerprint density at radius 2 is 2.38 bits per heavy atom. The predicted molar refractivity (Wildman–Crippen MR) is 62.4 cm³/mol. The van der Waals surface area contributed by atoms with Crippen LogP contribution in [-0.4, -0.2) is 18.7 Å². The van der Waals surface area contributed by atoms with E-state index in [0.29, 0.717) is 29.5 Å². The smallest absolute Gasteiger partial charge is 0.212 e. The Kier molecular flexibility index (Phi) is 3.43. The number of fused-ring (bicyclic) bond motifs is 1. The fourth-order valence-corrected chi connectivity index (χ4v) is 1.67. The molecule has 2 aromatic rings. The van der Waals surface area contributed by atoms with Gasteiger partial charge in [0.05, 0.1) is 11.1 Å². The first kappa shape index (κ1) is 11.4. The molecule has 0 spiro atoms. The molecule has 0 aliphatic carbocycles. The molecule has 0 bridgehead atoms. The number of oxazole rings is 1. The van der Waals surface area contributed by atoms with Gasteiger partial charge in [-0.25, -0.2) is 4.98 Å². The molecule has 1 aromatic heterocycles. The summed E-state index contributed by atoms with van der Waals surface area (Å²) in [6.07, 6.45) is 0.668. The number of nitrogens with two attached hydrogens (primary N) is 1. The van der Waals surface area contributed by atoms with Crippen LogP contribution in [0.2, 0.25) is 5.02 Å². The van der Waals surface area contributed by atoms with Gasteiger partial charge in [-0.2, -0.15) is 0 Å². The van der Waals surface area contributed by atoms with Crippen LogP contribution in [0.5, 0.6) is 0 Å². The molecule has 1 atom stereocenters. The molecule has 0 amide bonds. The number of hydrogen-bond donors (Lipinski definition) is 1. The van der Waals surface area contributed by atoms with Crippen LogP contribution >= 0.6 is 11.6 Å². The third-order valence-electron chi connectivity index (χ3n) is 2.33. The number of para-hydroxylation sites is 1. The topological polar surface area (TPSA) is 61.3 Å². The summed E-state index contributed by atoms with van der Waals surface area (Å²) < 4.78 is 10.5. The summed E-state index contributed by atoms with van der Waals surface area (Å²) in [5.74, 6) is 0.500. The molecule has 5 heteroatoms. The summed E-state index contributed by atoms with van der Waals surface area (Å²) >= 11 is 5.98. The third-order valence-corrected chi connectivity index (χ3v) is 2.63. The molecule has 0 radical (unpaired) electrons. The lowest BCUT2D eigenvalue weighted by molar-refractivity contribution is 0.184. The van der Waals surface area contributed by atoms with E-state index >= 15 is 0 Å². The van der Waals surface area contributed by atoms with Crippen LogP contribution in [0.1, 0.15) is 18.4 Å². The van der Waals surface area contributed by atoms with Gasteiger partial charge in [-0.15, -0.1) is 0 Å². The molecule has 0 aliphatic rings. The Bertz CT molecular complexity index is 484. The summed E-state index contributed by atoms with van der Waals surface area (Å²) in [5.41, 5.74) is 7.24. The van der Waals surface area contributed by atoms with E-state index in [1.165, 1.54) is 0 Å². The molecule has 0 aliphatic heterocycles. The van der Waals surface area contributed by atoms with Crippen LogP contribution in [0.3, 0.4) is 0 Å². The minimum Gasteiger partial charge on any atom is -0.437 e. The molecule has 0 saturated carbocycles. The molecular formula is C11H13ClN2O2. The lowest BCUT2D eigenvalue weighted by atomic mass is 10.2. The summed E-state index contributed by atoms with van der Waals surface area (Å²) in [6.45, 7) is 0.577. The fraction of sp³-hybridized carbons (Fsp3) is 0.364. The van der Waals surface area contributed by atoms with E-state index in [9.17, 15) is 0 Å². The number of aromatic nitrogens is 1. The van der Waals surface area contributed by atoms with Crippen molar-refractivity contribution in [2.75, 3.05) is 13.7 Å². The van der Waals surface area contributed by atoms with Gasteiger partial charge in [0, 0.05) is 13.7 Å². The highest BCUT2D eigenvalue weighted by atomic mass is 35.5. The van der Waals surface area contributed by atoms with Crippen LogP contribution in [0.4, 0.5) is 0 Å². The Morgan fingerprint density at radius 1 is 1.56 bits per heavy atom. The van der Waals surface area contributed by atoms with E-state index in [1.807, 2.05) is 12.1 Å². The van der Waals surface area contributed by atoms with Gasteiger partial charge in [0.2, 0.25) is 5.89 Å². The first-order chi connectivity index (χ1) is 7.72. The molecule has 16 heavy (non-hydrogen) atoms. The van der Waals surface area contributed by atoms with Crippen LogP contribution in [-0.2, 0) is 4.74 Å². The number of methoxy groups -OCH3 is 1. The van der Waals surface area contributed by atoms with Gasteiger partial charge in [-0.3, -0.25) is 0 Å². The fourth-order valence-electron chi connectivity index (χ4n) is 1.46. The predicted octanol–water partition coefficient (Wildman–Crippen LogP) is 2.52. The van der Waals surface area contributed by atoms with Crippen molar-refractivity contribution in [1.29, 1.82) is 0 Å². The van der Waals surface area contributed by atoms with Crippen molar-refractivity contribution in [1.82, 2.24) is 4.98 Å². The molecule has 0 saturated heterocycles. The second-order valence-corrected chi connectivity index (χ2v) is 3.94. The Balaban J connectivity index is 2.29. The van der Waals surface area contributed by atoms with Crippen molar-refractivity contribution in [2.24, 2.45) is 5.73 Å². The normalized spacial score (nSPS) is 13.2. The van der Waals surface area contributed by atoms with E-state index < -0.39 is 0 Å². The van der Waals surface area contributed by atoms with Crippen molar-refractivity contribution in [3.8, 4) is 0 Å². The van der Waals surface area contributed by atoms with Gasteiger partial charge >= 0.3 is 0 Å². The van der Waals surface area contributed by atoms with Crippen molar-refractivity contribution in [3.63, 3.8) is 0 Å². The van der Waals surface area contributed by atoms with Crippen molar-refractivity contribution in [2.45, 2.75) is 12.5 Å². The zero-order valence-electron chi connectivity index (χ0n) is 8.94. The molecule has 1 unspecified atom stereocenters. The summed E-state index contributed by atoms with van der Waals surface area (Å²) in [7, 11) is 1.63. The maximum absolute atomic E-state index is 5.98. The number of nitrogens with zero attached hydrogens (tertiary/aromatic N) is 1. The van der Waals surface area contributed by atoms with Crippen molar-refractivity contribution in [3.05, 3.63) is 29.1 Å². The number of rotatable bonds is 4. The number of benzene rings is 1. The van der Waals surface area contributed by atoms with Crippen molar-refractivity contribution < 1.29 is 9.15 Å². The lowest BCUT2D eigenvalue weighted by Gasteiger charge is -2.05. The standard InChI is InChI=1S/C11H13ClN2O2/c1-15-6-5-8(13)11-14-9-4-2-3-7(12)10(9)16-11/h2-4,8H,5-6,13H2,1H3. The monoisotopic (exact) mass is 240 g/mol. The number of ether oxygens (including phenoxy) is 1. The van der Waals surface area contributed by atoms with E-state index in [0.717, 1.165) is 5.52 Å². The average molecular weight is 241 g/mol. The van der Waals surface area contributed by atoms with E-state index in [1.54, 1.807) is 13.2 Å². The number of halogens is 1. The molecule has 2 N–H and O–H groups in total.